The smallest absolute Gasteiger partial charge is 0.164 e. The molecule has 1 aliphatic carbocycles. The Morgan fingerprint density at radius 3 is 1.78 bits per heavy atom. The molecule has 0 spiro atoms. The third kappa shape index (κ3) is 4.42. The zero-order valence-electron chi connectivity index (χ0n) is 27.7. The van der Waals surface area contributed by atoms with Crippen LogP contribution in [0.2, 0.25) is 0 Å². The molecule has 0 atom stereocenters. The maximum atomic E-state index is 6.34. The van der Waals surface area contributed by atoms with Gasteiger partial charge in [0.15, 0.2) is 17.5 Å². The van der Waals surface area contributed by atoms with Crippen molar-refractivity contribution in [3.8, 4) is 79.0 Å². The summed E-state index contributed by atoms with van der Waals surface area (Å²) in [5, 5.41) is 2.34. The molecule has 0 fully saturated rings. The molecule has 0 saturated carbocycles. The van der Waals surface area contributed by atoms with Gasteiger partial charge in [0, 0.05) is 33.1 Å². The highest BCUT2D eigenvalue weighted by molar-refractivity contribution is 6.04. The molecule has 1 aromatic heterocycles. The maximum Gasteiger partial charge on any atom is 0.164 e. The zero-order valence-corrected chi connectivity index (χ0v) is 27.7. The summed E-state index contributed by atoms with van der Waals surface area (Å²) >= 11 is 0. The van der Waals surface area contributed by atoms with Crippen LogP contribution in [-0.4, -0.2) is 15.0 Å². The highest BCUT2D eigenvalue weighted by Gasteiger charge is 2.35. The molecule has 10 rings (SSSR count). The molecule has 0 saturated heterocycles. The lowest BCUT2D eigenvalue weighted by Gasteiger charge is -2.22. The average Bonchev–Trinajstić information content (AvgIpc) is 3.40. The number of rotatable bonds is 4. The van der Waals surface area contributed by atoms with Crippen LogP contribution in [0.1, 0.15) is 25.0 Å². The summed E-state index contributed by atoms with van der Waals surface area (Å²) in [5.74, 6) is 3.74. The Kier molecular flexibility index (Phi) is 6.19. The molecule has 4 heteroatoms. The van der Waals surface area contributed by atoms with E-state index in [1.54, 1.807) is 0 Å². The van der Waals surface area contributed by atoms with Gasteiger partial charge in [-0.05, 0) is 68.6 Å². The number of hydrogen-bond acceptors (Lipinski definition) is 4. The van der Waals surface area contributed by atoms with Gasteiger partial charge < -0.3 is 4.74 Å². The van der Waals surface area contributed by atoms with Crippen molar-refractivity contribution in [2.45, 2.75) is 19.3 Å². The van der Waals surface area contributed by atoms with Gasteiger partial charge in [-0.25, -0.2) is 15.0 Å². The molecule has 0 N–H and O–H groups in total. The monoisotopic (exact) mass is 641 g/mol. The SMILES string of the molecule is CC1(C)c2ccccc2-c2cc(-c3nc(-c4ccccc4)nc(-c4ccc(-c5ccc6c(c5)-c5cccc7cccc(c57)O6)cc4)n3)ccc21. The topological polar surface area (TPSA) is 47.9 Å². The number of nitrogens with zero attached hydrogens (tertiary/aromatic N) is 3. The molecular weight excluding hydrogens is 611 g/mol. The van der Waals surface area contributed by atoms with Crippen LogP contribution in [0.5, 0.6) is 11.5 Å². The predicted molar refractivity (Wildman–Crippen MR) is 202 cm³/mol. The van der Waals surface area contributed by atoms with Gasteiger partial charge in [-0.15, -0.1) is 0 Å². The van der Waals surface area contributed by atoms with Gasteiger partial charge in [0.1, 0.15) is 11.5 Å². The van der Waals surface area contributed by atoms with E-state index in [0.29, 0.717) is 17.5 Å². The summed E-state index contributed by atoms with van der Waals surface area (Å²) in [4.78, 5) is 15.1. The first-order chi connectivity index (χ1) is 24.5. The van der Waals surface area contributed by atoms with Crippen molar-refractivity contribution in [2.75, 3.05) is 0 Å². The second kappa shape index (κ2) is 10.8. The summed E-state index contributed by atoms with van der Waals surface area (Å²) in [6.45, 7) is 4.60. The number of fused-ring (bicyclic) bond motifs is 5. The third-order valence-electron chi connectivity index (χ3n) is 10.3. The fraction of sp³-hybridized carbons (Fsp3) is 0.0652. The molecule has 4 nitrogen and oxygen atoms in total. The molecule has 50 heavy (non-hydrogen) atoms. The van der Waals surface area contributed by atoms with E-state index in [2.05, 4.69) is 123 Å². The quantitative estimate of drug-likeness (QED) is 0.192. The van der Waals surface area contributed by atoms with Crippen molar-refractivity contribution in [3.63, 3.8) is 0 Å². The molecule has 0 radical (unpaired) electrons. The second-order valence-corrected chi connectivity index (χ2v) is 13.7. The third-order valence-corrected chi connectivity index (χ3v) is 10.3. The molecule has 0 unspecified atom stereocenters. The molecule has 2 heterocycles. The molecule has 236 valence electrons. The van der Waals surface area contributed by atoms with Crippen LogP contribution in [0, 0.1) is 0 Å². The highest BCUT2D eigenvalue weighted by atomic mass is 16.5. The minimum absolute atomic E-state index is 0.0609. The van der Waals surface area contributed by atoms with Gasteiger partial charge >= 0.3 is 0 Å². The number of ether oxygens (including phenoxy) is 1. The molecular formula is C46H31N3O. The van der Waals surface area contributed by atoms with E-state index in [1.165, 1.54) is 33.2 Å². The zero-order chi connectivity index (χ0) is 33.4. The van der Waals surface area contributed by atoms with E-state index in [0.717, 1.165) is 50.3 Å². The van der Waals surface area contributed by atoms with Crippen LogP contribution < -0.4 is 4.74 Å². The first-order valence-corrected chi connectivity index (χ1v) is 17.0. The Balaban J connectivity index is 1.05. The Bertz CT molecular complexity index is 2640. The lowest BCUT2D eigenvalue weighted by molar-refractivity contribution is 0.487. The van der Waals surface area contributed by atoms with Gasteiger partial charge in [-0.2, -0.15) is 0 Å². The summed E-state index contributed by atoms with van der Waals surface area (Å²) in [6.07, 6.45) is 0. The first-order valence-electron chi connectivity index (χ1n) is 17.0. The van der Waals surface area contributed by atoms with E-state index < -0.39 is 0 Å². The molecule has 0 bridgehead atoms. The van der Waals surface area contributed by atoms with Crippen LogP contribution in [0.15, 0.2) is 152 Å². The average molecular weight is 642 g/mol. The predicted octanol–water partition coefficient (Wildman–Crippen LogP) is 11.8. The van der Waals surface area contributed by atoms with Crippen molar-refractivity contribution < 1.29 is 4.74 Å². The molecule has 2 aliphatic rings. The van der Waals surface area contributed by atoms with E-state index in [4.69, 9.17) is 19.7 Å². The maximum absolute atomic E-state index is 6.34. The minimum atomic E-state index is -0.0609. The summed E-state index contributed by atoms with van der Waals surface area (Å²) in [6, 6.07) is 53.1. The van der Waals surface area contributed by atoms with Crippen LogP contribution in [0.4, 0.5) is 0 Å². The number of aromatic nitrogens is 3. The van der Waals surface area contributed by atoms with Crippen molar-refractivity contribution in [3.05, 3.63) is 163 Å². The molecule has 8 aromatic rings. The largest absolute Gasteiger partial charge is 0.456 e. The number of benzene rings is 7. The van der Waals surface area contributed by atoms with Crippen molar-refractivity contribution in [1.29, 1.82) is 0 Å². The van der Waals surface area contributed by atoms with Gasteiger partial charge in [-0.1, -0.05) is 141 Å². The van der Waals surface area contributed by atoms with Gasteiger partial charge in [0.25, 0.3) is 0 Å². The molecule has 0 amide bonds. The minimum Gasteiger partial charge on any atom is -0.456 e. The van der Waals surface area contributed by atoms with E-state index >= 15 is 0 Å². The summed E-state index contributed by atoms with van der Waals surface area (Å²) in [5.41, 5.74) is 12.5. The Morgan fingerprint density at radius 1 is 0.400 bits per heavy atom. The fourth-order valence-electron chi connectivity index (χ4n) is 7.77. The molecule has 1 aliphatic heterocycles. The van der Waals surface area contributed by atoms with Gasteiger partial charge in [0.2, 0.25) is 0 Å². The Labute approximate surface area is 290 Å². The highest BCUT2D eigenvalue weighted by Crippen LogP contribution is 2.50. The van der Waals surface area contributed by atoms with E-state index in [-0.39, 0.29) is 5.41 Å². The van der Waals surface area contributed by atoms with Crippen LogP contribution in [0.3, 0.4) is 0 Å². The van der Waals surface area contributed by atoms with Gasteiger partial charge in [0.05, 0.1) is 0 Å². The lowest BCUT2D eigenvalue weighted by atomic mass is 9.82. The fourth-order valence-corrected chi connectivity index (χ4v) is 7.77. The number of hydrogen-bond donors (Lipinski definition) is 0. The Hall–Kier alpha value is -6.39. The van der Waals surface area contributed by atoms with E-state index in [1.807, 2.05) is 42.5 Å². The van der Waals surface area contributed by atoms with Crippen molar-refractivity contribution in [1.82, 2.24) is 15.0 Å². The first kappa shape index (κ1) is 28.6. The van der Waals surface area contributed by atoms with Crippen LogP contribution >= 0.6 is 0 Å². The molecule has 7 aromatic carbocycles. The normalized spacial score (nSPS) is 13.3. The van der Waals surface area contributed by atoms with Crippen LogP contribution in [-0.2, 0) is 5.41 Å². The van der Waals surface area contributed by atoms with Gasteiger partial charge in [-0.3, -0.25) is 0 Å². The summed E-state index contributed by atoms with van der Waals surface area (Å²) in [7, 11) is 0. The second-order valence-electron chi connectivity index (χ2n) is 13.7. The van der Waals surface area contributed by atoms with Crippen molar-refractivity contribution in [2.24, 2.45) is 0 Å². The van der Waals surface area contributed by atoms with Crippen molar-refractivity contribution >= 4 is 10.8 Å². The Morgan fingerprint density at radius 2 is 0.980 bits per heavy atom. The lowest BCUT2D eigenvalue weighted by Crippen LogP contribution is -2.14. The summed E-state index contributed by atoms with van der Waals surface area (Å²) < 4.78 is 6.34. The standard InChI is InChI=1S/C46H31N3O/c1-46(2)38-16-7-6-14-34(38)36-27-33(22-24-39(36)46)45-48-43(30-10-4-3-5-11-30)47-44(49-45)31-20-18-28(19-21-31)32-23-25-40-37(26-32)35-15-8-12-29-13-9-17-41(50-40)42(29)35/h3-27H,1-2H3. The van der Waals surface area contributed by atoms with E-state index in [9.17, 15) is 0 Å². The van der Waals surface area contributed by atoms with Crippen LogP contribution in [0.25, 0.3) is 78.3 Å².